The number of hydrogen-bond acceptors (Lipinski definition) is 5. The van der Waals surface area contributed by atoms with Crippen molar-refractivity contribution in [3.05, 3.63) is 21.2 Å². The quantitative estimate of drug-likeness (QED) is 0.905. The van der Waals surface area contributed by atoms with Crippen LogP contribution in [0.3, 0.4) is 0 Å². The molecule has 1 N–H and O–H groups in total. The fourth-order valence-electron chi connectivity index (χ4n) is 1.44. The summed E-state index contributed by atoms with van der Waals surface area (Å²) in [6.45, 7) is 9.54. The van der Waals surface area contributed by atoms with Gasteiger partial charge in [0.15, 0.2) is 5.82 Å². The number of carbonyl (C=O) groups is 1. The number of halogens is 1. The van der Waals surface area contributed by atoms with Crippen LogP contribution in [0.2, 0.25) is 0 Å². The molecule has 0 atom stereocenters. The van der Waals surface area contributed by atoms with Crippen molar-refractivity contribution >= 4 is 27.7 Å². The van der Waals surface area contributed by atoms with E-state index in [1.54, 1.807) is 0 Å². The van der Waals surface area contributed by atoms with E-state index in [-0.39, 0.29) is 23.7 Å². The fraction of sp³-hybridized carbons (Fsp3) is 0.615. The zero-order chi connectivity index (χ0) is 15.5. The first-order chi connectivity index (χ1) is 9.10. The lowest BCUT2D eigenvalue weighted by molar-refractivity contribution is -0.147. The predicted molar refractivity (Wildman–Crippen MR) is 80.6 cm³/mol. The van der Waals surface area contributed by atoms with Crippen molar-refractivity contribution in [2.24, 2.45) is 5.41 Å². The normalized spacial score (nSPS) is 11.6. The monoisotopic (exact) mass is 345 g/mol. The first-order valence-corrected chi connectivity index (χ1v) is 7.15. The van der Waals surface area contributed by atoms with Gasteiger partial charge in [-0.2, -0.15) is 0 Å². The number of nitrogens with zero attached hydrogens (tertiary/aromatic N) is 2. The van der Waals surface area contributed by atoms with E-state index in [1.807, 2.05) is 34.6 Å². The largest absolute Gasteiger partial charge is 0.363 e. The molecule has 1 aromatic rings. The third-order valence-corrected chi connectivity index (χ3v) is 2.70. The zero-order valence-corrected chi connectivity index (χ0v) is 13.9. The molecule has 1 rings (SSSR count). The average Bonchev–Trinajstić information content (AvgIpc) is 2.25. The molecule has 0 saturated heterocycles. The smallest absolute Gasteiger partial charge is 0.333 e. The Kier molecular flexibility index (Phi) is 5.33. The van der Waals surface area contributed by atoms with E-state index in [0.717, 1.165) is 4.73 Å². The van der Waals surface area contributed by atoms with Gasteiger partial charge in [0, 0.05) is 6.04 Å². The molecular formula is C13H20BrN3O3. The van der Waals surface area contributed by atoms with Gasteiger partial charge in [0.2, 0.25) is 0 Å². The predicted octanol–water partition coefficient (Wildman–Crippen LogP) is 2.22. The van der Waals surface area contributed by atoms with Crippen LogP contribution in [0.5, 0.6) is 0 Å². The van der Waals surface area contributed by atoms with Gasteiger partial charge in [0.05, 0.1) is 12.6 Å². The third kappa shape index (κ3) is 4.96. The molecular weight excluding hydrogens is 326 g/mol. The molecule has 0 spiro atoms. The summed E-state index contributed by atoms with van der Waals surface area (Å²) in [4.78, 5) is 33.1. The van der Waals surface area contributed by atoms with E-state index in [0.29, 0.717) is 4.60 Å². The Bertz CT molecular complexity index is 547. The Morgan fingerprint density at radius 1 is 1.50 bits per heavy atom. The third-order valence-electron chi connectivity index (χ3n) is 2.17. The lowest BCUT2D eigenvalue weighted by Crippen LogP contribution is -2.35. The fourth-order valence-corrected chi connectivity index (χ4v) is 1.78. The SMILES string of the molecule is CC(C)Nc1ncc(Br)n(OC(=O)CC(C)(C)C)c1=O. The van der Waals surface area contributed by atoms with Gasteiger partial charge in [0.25, 0.3) is 0 Å². The lowest BCUT2D eigenvalue weighted by Gasteiger charge is -2.17. The highest BCUT2D eigenvalue weighted by atomic mass is 79.9. The van der Waals surface area contributed by atoms with Crippen LogP contribution in [0.25, 0.3) is 0 Å². The minimum atomic E-state index is -0.504. The van der Waals surface area contributed by atoms with Crippen LogP contribution in [0.1, 0.15) is 41.0 Å². The van der Waals surface area contributed by atoms with Crippen LogP contribution in [-0.4, -0.2) is 21.7 Å². The molecule has 0 saturated carbocycles. The maximum atomic E-state index is 12.2. The van der Waals surface area contributed by atoms with Crippen molar-refractivity contribution in [2.45, 2.75) is 47.1 Å². The molecule has 112 valence electrons. The highest BCUT2D eigenvalue weighted by Gasteiger charge is 2.20. The summed E-state index contributed by atoms with van der Waals surface area (Å²) in [5.74, 6) is -0.325. The minimum absolute atomic E-state index is 0.0510. The molecule has 0 aliphatic carbocycles. The summed E-state index contributed by atoms with van der Waals surface area (Å²) >= 11 is 3.15. The molecule has 7 heteroatoms. The summed E-state index contributed by atoms with van der Waals surface area (Å²) < 4.78 is 1.20. The van der Waals surface area contributed by atoms with Gasteiger partial charge in [-0.15, -0.1) is 4.73 Å². The molecule has 0 radical (unpaired) electrons. The summed E-state index contributed by atoms with van der Waals surface area (Å²) in [5, 5.41) is 2.91. The highest BCUT2D eigenvalue weighted by molar-refractivity contribution is 9.10. The average molecular weight is 346 g/mol. The van der Waals surface area contributed by atoms with E-state index in [2.05, 4.69) is 26.2 Å². The van der Waals surface area contributed by atoms with Crippen molar-refractivity contribution in [1.29, 1.82) is 0 Å². The van der Waals surface area contributed by atoms with Gasteiger partial charge in [-0.05, 0) is 35.2 Å². The molecule has 0 bridgehead atoms. The van der Waals surface area contributed by atoms with E-state index in [4.69, 9.17) is 4.84 Å². The van der Waals surface area contributed by atoms with E-state index >= 15 is 0 Å². The number of aromatic nitrogens is 2. The Balaban J connectivity index is 3.00. The van der Waals surface area contributed by atoms with Crippen LogP contribution in [-0.2, 0) is 4.79 Å². The summed E-state index contributed by atoms with van der Waals surface area (Å²) in [6.07, 6.45) is 1.62. The van der Waals surface area contributed by atoms with Crippen molar-refractivity contribution in [1.82, 2.24) is 9.71 Å². The summed E-state index contributed by atoms with van der Waals surface area (Å²) in [5.41, 5.74) is -0.713. The Morgan fingerprint density at radius 2 is 2.10 bits per heavy atom. The molecule has 0 aromatic carbocycles. The second-order valence-corrected chi connectivity index (χ2v) is 6.84. The molecule has 0 aliphatic heterocycles. The Hall–Kier alpha value is -1.37. The van der Waals surface area contributed by atoms with Crippen LogP contribution in [0.4, 0.5) is 5.82 Å². The van der Waals surface area contributed by atoms with Gasteiger partial charge in [-0.3, -0.25) is 4.79 Å². The molecule has 0 unspecified atom stereocenters. The molecule has 1 aromatic heterocycles. The topological polar surface area (TPSA) is 73.2 Å². The molecule has 0 amide bonds. The van der Waals surface area contributed by atoms with Crippen LogP contribution in [0, 0.1) is 5.41 Å². The van der Waals surface area contributed by atoms with E-state index < -0.39 is 11.5 Å². The van der Waals surface area contributed by atoms with Crippen LogP contribution in [0.15, 0.2) is 15.6 Å². The number of hydrogen-bond donors (Lipinski definition) is 1. The maximum Gasteiger partial charge on any atom is 0.333 e. The molecule has 20 heavy (non-hydrogen) atoms. The van der Waals surface area contributed by atoms with Crippen molar-refractivity contribution < 1.29 is 9.63 Å². The molecule has 1 heterocycles. The molecule has 0 fully saturated rings. The minimum Gasteiger partial charge on any atom is -0.363 e. The van der Waals surface area contributed by atoms with Gasteiger partial charge in [0.1, 0.15) is 4.60 Å². The lowest BCUT2D eigenvalue weighted by atomic mass is 9.93. The van der Waals surface area contributed by atoms with Gasteiger partial charge < -0.3 is 10.2 Å². The van der Waals surface area contributed by atoms with Gasteiger partial charge in [-0.1, -0.05) is 20.8 Å². The van der Waals surface area contributed by atoms with Crippen LogP contribution < -0.4 is 15.7 Å². The Morgan fingerprint density at radius 3 is 2.60 bits per heavy atom. The van der Waals surface area contributed by atoms with Gasteiger partial charge >= 0.3 is 11.5 Å². The van der Waals surface area contributed by atoms with E-state index in [1.165, 1.54) is 6.20 Å². The Labute approximate surface area is 126 Å². The molecule has 6 nitrogen and oxygen atoms in total. The first-order valence-electron chi connectivity index (χ1n) is 6.35. The number of anilines is 1. The number of carbonyl (C=O) groups excluding carboxylic acids is 1. The second kappa shape index (κ2) is 6.39. The van der Waals surface area contributed by atoms with Gasteiger partial charge in [-0.25, -0.2) is 9.78 Å². The van der Waals surface area contributed by atoms with E-state index in [9.17, 15) is 9.59 Å². The zero-order valence-electron chi connectivity index (χ0n) is 12.4. The van der Waals surface area contributed by atoms with Crippen molar-refractivity contribution in [2.75, 3.05) is 5.32 Å². The highest BCUT2D eigenvalue weighted by Crippen LogP contribution is 2.18. The summed E-state index contributed by atoms with van der Waals surface area (Å²) in [6, 6.07) is 0.0510. The standard InChI is InChI=1S/C13H20BrN3O3/c1-8(2)16-11-12(19)17(9(14)7-15-11)20-10(18)6-13(3,4)5/h7-8H,6H2,1-5H3,(H,15,16). The van der Waals surface area contributed by atoms with Crippen molar-refractivity contribution in [3.8, 4) is 0 Å². The van der Waals surface area contributed by atoms with Crippen LogP contribution >= 0.6 is 15.9 Å². The second-order valence-electron chi connectivity index (χ2n) is 6.03. The summed E-state index contributed by atoms with van der Waals surface area (Å²) in [7, 11) is 0. The van der Waals surface area contributed by atoms with Crippen molar-refractivity contribution in [3.63, 3.8) is 0 Å². The number of rotatable bonds is 4. The number of nitrogens with one attached hydrogen (secondary N) is 1. The first kappa shape index (κ1) is 16.7. The maximum absolute atomic E-state index is 12.2. The molecule has 0 aliphatic rings.